The van der Waals surface area contributed by atoms with Crippen molar-refractivity contribution >= 4 is 11.8 Å². The van der Waals surface area contributed by atoms with E-state index in [1.165, 1.54) is 10.6 Å². The first-order chi connectivity index (χ1) is 29.3. The summed E-state index contributed by atoms with van der Waals surface area (Å²) in [7, 11) is 0. The summed E-state index contributed by atoms with van der Waals surface area (Å²) in [6, 6.07) is 11.1. The summed E-state index contributed by atoms with van der Waals surface area (Å²) < 4.78 is 26.9. The number of nitrogens with zero attached hydrogens (tertiary/aromatic N) is 6. The van der Waals surface area contributed by atoms with E-state index >= 15 is 0 Å². The molecule has 2 aromatic heterocycles. The Balaban J connectivity index is 0.000000478. The molecule has 6 atom stereocenters. The number of piperidine rings is 1. The predicted octanol–water partition coefficient (Wildman–Crippen LogP) is 3.50. The normalized spacial score (nSPS) is 22.2. The summed E-state index contributed by atoms with van der Waals surface area (Å²) in [4.78, 5) is 32.8. The van der Waals surface area contributed by atoms with E-state index in [1.54, 1.807) is 0 Å². The minimum absolute atomic E-state index is 0. The topological polar surface area (TPSA) is 143 Å². The first-order valence-corrected chi connectivity index (χ1v) is 22.9. The third-order valence-corrected chi connectivity index (χ3v) is 12.3. The van der Waals surface area contributed by atoms with Crippen molar-refractivity contribution in [1.82, 2.24) is 29.4 Å². The molecule has 348 valence electrons. The monoisotopic (exact) mass is 886 g/mol. The Morgan fingerprint density at radius 1 is 0.935 bits per heavy atom. The number of aromatic nitrogens is 4. The SMILES string of the molecule is C(COCC1CO1)OCC1CO1.CC.CCC(CC(CC(CC(C)c1ccccc1)N1CCCC1=O)n1ccnc1)n1cc[n+](CC(=O)NC2CC(C)(C)N(O)C(C)(C)C2)c1.[Cl-]. The molecule has 0 radical (unpaired) electrons. The van der Waals surface area contributed by atoms with Crippen molar-refractivity contribution in [3.63, 3.8) is 0 Å². The number of carbonyl (C=O) groups is 2. The van der Waals surface area contributed by atoms with Crippen LogP contribution in [-0.2, 0) is 35.1 Å². The smallest absolute Gasteiger partial charge is 0.262 e. The van der Waals surface area contributed by atoms with E-state index in [0.29, 0.717) is 63.8 Å². The number of carbonyl (C=O) groups excluding carboxylic acids is 2. The molecule has 0 saturated carbocycles. The van der Waals surface area contributed by atoms with Crippen LogP contribution in [-0.4, -0.2) is 123 Å². The second-order valence-electron chi connectivity index (χ2n) is 18.3. The fraction of sp³-hybridized carbons (Fsp3) is 0.702. The van der Waals surface area contributed by atoms with E-state index in [0.717, 1.165) is 51.9 Å². The highest BCUT2D eigenvalue weighted by Crippen LogP contribution is 2.37. The van der Waals surface area contributed by atoms with Crippen molar-refractivity contribution in [2.24, 2.45) is 0 Å². The quantitative estimate of drug-likeness (QED) is 0.0935. The van der Waals surface area contributed by atoms with E-state index in [-0.39, 0.29) is 54.9 Å². The predicted molar refractivity (Wildman–Crippen MR) is 234 cm³/mol. The van der Waals surface area contributed by atoms with E-state index in [4.69, 9.17) is 18.9 Å². The number of hydrogen-bond donors (Lipinski definition) is 2. The van der Waals surface area contributed by atoms with Gasteiger partial charge >= 0.3 is 0 Å². The van der Waals surface area contributed by atoms with Gasteiger partial charge < -0.3 is 51.3 Å². The summed E-state index contributed by atoms with van der Waals surface area (Å²) >= 11 is 0. The van der Waals surface area contributed by atoms with Gasteiger partial charge in [0, 0.05) is 61.0 Å². The third kappa shape index (κ3) is 15.7. The number of benzene rings is 1. The molecule has 2 amide bonds. The van der Waals surface area contributed by atoms with Crippen molar-refractivity contribution in [3.8, 4) is 0 Å². The Kier molecular flexibility index (Phi) is 20.4. The average Bonchev–Trinajstić information content (AvgIpc) is 4.07. The highest BCUT2D eigenvalue weighted by atomic mass is 35.5. The van der Waals surface area contributed by atoms with Crippen molar-refractivity contribution in [2.75, 3.05) is 46.2 Å². The minimum atomic E-state index is -0.420. The zero-order valence-corrected chi connectivity index (χ0v) is 39.4. The summed E-state index contributed by atoms with van der Waals surface area (Å²) in [6.07, 6.45) is 19.1. The van der Waals surface area contributed by atoms with E-state index in [2.05, 4.69) is 74.7 Å². The van der Waals surface area contributed by atoms with Gasteiger partial charge in [-0.1, -0.05) is 58.0 Å². The summed E-state index contributed by atoms with van der Waals surface area (Å²) in [6.45, 7) is 22.1. The number of epoxide rings is 2. The van der Waals surface area contributed by atoms with Gasteiger partial charge in [0.2, 0.25) is 12.2 Å². The molecule has 62 heavy (non-hydrogen) atoms. The van der Waals surface area contributed by atoms with Crippen LogP contribution >= 0.6 is 0 Å². The van der Waals surface area contributed by atoms with Crippen LogP contribution in [0.15, 0.2) is 67.8 Å². The Morgan fingerprint density at radius 3 is 2.08 bits per heavy atom. The van der Waals surface area contributed by atoms with Gasteiger partial charge in [-0.2, -0.15) is 5.06 Å². The molecule has 6 unspecified atom stereocenters. The standard InChI is InChI=1S/C37H55N7O3.C8H14O4.C2H6.ClH/c1-7-31(42-19-18-40(27-42)25-34(45)39-30-23-36(3,4)44(47)37(5,6)24-30)21-32(41-17-15-38-26-41)22-33(43-16-11-14-35(43)46)20-28(2)29-12-9-8-10-13-29;1(9-3-7-5-11-7)2-10-4-8-6-12-8;1-2;/h8-10,12-13,15,17-19,26-28,30-33,47H,7,11,14,16,20-25H2,1-6H3;7-8H,1-6H2;1-2H3;1H. The molecule has 0 aliphatic carbocycles. The molecule has 6 heterocycles. The number of imidazole rings is 2. The van der Waals surface area contributed by atoms with E-state index in [1.807, 2.05) is 77.4 Å². The Bertz CT molecular complexity index is 1700. The number of hydroxylamine groups is 2. The molecular weight excluding hydrogens is 810 g/mol. The van der Waals surface area contributed by atoms with Crippen LogP contribution in [0, 0.1) is 0 Å². The first-order valence-electron chi connectivity index (χ1n) is 22.9. The molecule has 7 rings (SSSR count). The zero-order valence-electron chi connectivity index (χ0n) is 38.7. The Hall–Kier alpha value is -3.37. The van der Waals surface area contributed by atoms with Crippen molar-refractivity contribution in [1.29, 1.82) is 0 Å². The van der Waals surface area contributed by atoms with Crippen molar-refractivity contribution in [3.05, 3.63) is 73.3 Å². The van der Waals surface area contributed by atoms with Gasteiger partial charge in [0.1, 0.15) is 30.6 Å². The molecule has 4 saturated heterocycles. The molecule has 1 aromatic carbocycles. The summed E-state index contributed by atoms with van der Waals surface area (Å²) in [5, 5.41) is 15.3. The number of hydrogen-bond acceptors (Lipinski definition) is 9. The lowest BCUT2D eigenvalue weighted by atomic mass is 9.79. The molecule has 0 bridgehead atoms. The van der Waals surface area contributed by atoms with Crippen LogP contribution < -0.4 is 22.3 Å². The molecule has 14 nitrogen and oxygen atoms in total. The molecule has 0 spiro atoms. The van der Waals surface area contributed by atoms with Crippen LogP contribution in [0.5, 0.6) is 0 Å². The van der Waals surface area contributed by atoms with Crippen LogP contribution in [0.3, 0.4) is 0 Å². The van der Waals surface area contributed by atoms with Gasteiger partial charge in [0.15, 0.2) is 6.54 Å². The Labute approximate surface area is 377 Å². The second-order valence-corrected chi connectivity index (χ2v) is 18.3. The lowest BCUT2D eigenvalue weighted by Crippen LogP contribution is -3.00. The van der Waals surface area contributed by atoms with Gasteiger partial charge in [-0.05, 0) is 77.7 Å². The Morgan fingerprint density at radius 2 is 1.55 bits per heavy atom. The molecule has 2 N–H and O–H groups in total. The molecule has 4 aliphatic heterocycles. The van der Waals surface area contributed by atoms with E-state index < -0.39 is 11.1 Å². The molecule has 15 heteroatoms. The average molecular weight is 887 g/mol. The van der Waals surface area contributed by atoms with Gasteiger partial charge in [-0.3, -0.25) is 9.59 Å². The molecule has 3 aromatic rings. The number of ether oxygens (including phenoxy) is 4. The third-order valence-electron chi connectivity index (χ3n) is 12.3. The van der Waals surface area contributed by atoms with Crippen LogP contribution in [0.4, 0.5) is 0 Å². The fourth-order valence-electron chi connectivity index (χ4n) is 9.09. The maximum Gasteiger partial charge on any atom is 0.262 e. The van der Waals surface area contributed by atoms with Gasteiger partial charge in [0.05, 0.1) is 46.0 Å². The minimum Gasteiger partial charge on any atom is -1.00 e. The maximum absolute atomic E-state index is 13.2. The molecule has 4 aliphatic rings. The van der Waals surface area contributed by atoms with E-state index in [9.17, 15) is 14.8 Å². The largest absolute Gasteiger partial charge is 1.00 e. The zero-order chi connectivity index (χ0) is 44.0. The highest BCUT2D eigenvalue weighted by Gasteiger charge is 2.45. The highest BCUT2D eigenvalue weighted by molar-refractivity contribution is 5.78. The number of halogens is 1. The van der Waals surface area contributed by atoms with Crippen LogP contribution in [0.25, 0.3) is 0 Å². The van der Waals surface area contributed by atoms with Crippen molar-refractivity contribution < 1.29 is 50.7 Å². The first kappa shape index (κ1) is 51.3. The number of amides is 2. The van der Waals surface area contributed by atoms with Gasteiger partial charge in [-0.15, -0.1) is 0 Å². The number of likely N-dealkylation sites (tertiary alicyclic amines) is 1. The fourth-order valence-corrected chi connectivity index (χ4v) is 9.09. The van der Waals surface area contributed by atoms with Crippen LogP contribution in [0.2, 0.25) is 0 Å². The number of rotatable bonds is 21. The number of nitrogens with one attached hydrogen (secondary N) is 1. The molecule has 4 fully saturated rings. The lowest BCUT2D eigenvalue weighted by molar-refractivity contribution is -0.684. The summed E-state index contributed by atoms with van der Waals surface area (Å²) in [5.74, 6) is 0.582. The van der Waals surface area contributed by atoms with Gasteiger partial charge in [0.25, 0.3) is 5.91 Å². The van der Waals surface area contributed by atoms with Crippen molar-refractivity contribution in [2.45, 2.75) is 167 Å². The summed E-state index contributed by atoms with van der Waals surface area (Å²) in [5.41, 5.74) is 0.468. The van der Waals surface area contributed by atoms with Crippen LogP contribution in [0.1, 0.15) is 130 Å². The second kappa shape index (κ2) is 24.6. The molecular formula is C47H76ClN7O7. The van der Waals surface area contributed by atoms with Gasteiger partial charge in [-0.25, -0.2) is 14.1 Å². The lowest BCUT2D eigenvalue weighted by Gasteiger charge is -2.51. The maximum atomic E-state index is 13.2.